The molecule has 31 heavy (non-hydrogen) atoms. The van der Waals surface area contributed by atoms with Crippen LogP contribution in [0.2, 0.25) is 0 Å². The summed E-state index contributed by atoms with van der Waals surface area (Å²) in [7, 11) is -3.76. The molecule has 0 N–H and O–H groups in total. The van der Waals surface area contributed by atoms with E-state index in [9.17, 15) is 22.4 Å². The average Bonchev–Trinajstić information content (AvgIpc) is 2.80. The van der Waals surface area contributed by atoms with Gasteiger partial charge in [-0.1, -0.05) is 18.2 Å². The number of hydrogen-bond acceptors (Lipinski definition) is 5. The third kappa shape index (κ3) is 4.35. The van der Waals surface area contributed by atoms with Crippen molar-refractivity contribution in [3.05, 3.63) is 60.4 Å². The summed E-state index contributed by atoms with van der Waals surface area (Å²) in [5.41, 5.74) is 0.867. The number of benzene rings is 2. The predicted octanol–water partition coefficient (Wildman–Crippen LogP) is 1.84. The number of carbonyl (C=O) groups excluding carboxylic acids is 2. The van der Waals surface area contributed by atoms with E-state index in [0.717, 1.165) is 12.1 Å². The van der Waals surface area contributed by atoms with Crippen LogP contribution in [0, 0.1) is 5.82 Å². The van der Waals surface area contributed by atoms with Crippen molar-refractivity contribution in [2.75, 3.05) is 31.2 Å². The van der Waals surface area contributed by atoms with Crippen molar-refractivity contribution in [2.45, 2.75) is 17.7 Å². The highest BCUT2D eigenvalue weighted by molar-refractivity contribution is 7.89. The summed E-state index contributed by atoms with van der Waals surface area (Å²) < 4.78 is 39.9. The van der Waals surface area contributed by atoms with E-state index in [-0.39, 0.29) is 61.4 Å². The summed E-state index contributed by atoms with van der Waals surface area (Å²) in [6.45, 7) is 0.662. The van der Waals surface area contributed by atoms with Crippen molar-refractivity contribution in [3.63, 3.8) is 0 Å². The number of halogens is 1. The quantitative estimate of drug-likeness (QED) is 0.720. The van der Waals surface area contributed by atoms with Gasteiger partial charge in [-0.15, -0.1) is 0 Å². The number of hydrogen-bond donors (Lipinski definition) is 0. The Labute approximate surface area is 179 Å². The van der Waals surface area contributed by atoms with E-state index >= 15 is 0 Å². The number of sulfonamides is 1. The summed E-state index contributed by atoms with van der Waals surface area (Å²) >= 11 is 0. The van der Waals surface area contributed by atoms with Crippen molar-refractivity contribution in [3.8, 4) is 0 Å². The number of nitrogens with zero attached hydrogens (tertiary/aromatic N) is 4. The highest BCUT2D eigenvalue weighted by Gasteiger charge is 2.33. The summed E-state index contributed by atoms with van der Waals surface area (Å²) in [6.07, 6.45) is 0.424. The van der Waals surface area contributed by atoms with Crippen molar-refractivity contribution in [1.29, 1.82) is 0 Å². The van der Waals surface area contributed by atoms with Gasteiger partial charge in [-0.2, -0.15) is 9.41 Å². The van der Waals surface area contributed by atoms with Gasteiger partial charge in [0.1, 0.15) is 11.5 Å². The molecular weight excluding hydrogens is 423 g/mol. The zero-order chi connectivity index (χ0) is 22.0. The topological polar surface area (TPSA) is 90.4 Å². The van der Waals surface area contributed by atoms with Crippen molar-refractivity contribution in [1.82, 2.24) is 9.21 Å². The highest BCUT2D eigenvalue weighted by Crippen LogP contribution is 2.22. The Hall–Kier alpha value is -3.11. The molecule has 0 aliphatic carbocycles. The maximum absolute atomic E-state index is 13.1. The van der Waals surface area contributed by atoms with Crippen molar-refractivity contribution < 1.29 is 22.4 Å². The predicted molar refractivity (Wildman–Crippen MR) is 112 cm³/mol. The molecule has 1 saturated heterocycles. The summed E-state index contributed by atoms with van der Waals surface area (Å²) in [5, 5.41) is 5.52. The second-order valence-electron chi connectivity index (χ2n) is 7.24. The second kappa shape index (κ2) is 8.56. The zero-order valence-corrected chi connectivity index (χ0v) is 17.5. The van der Waals surface area contributed by atoms with Crippen LogP contribution in [0.3, 0.4) is 0 Å². The first-order valence-electron chi connectivity index (χ1n) is 9.87. The minimum Gasteiger partial charge on any atom is -0.335 e. The summed E-state index contributed by atoms with van der Waals surface area (Å²) in [4.78, 5) is 26.8. The molecule has 0 spiro atoms. The molecule has 1 fully saturated rings. The monoisotopic (exact) mass is 444 g/mol. The smallest absolute Gasteiger partial charge is 0.270 e. The molecule has 2 heterocycles. The maximum atomic E-state index is 13.1. The summed E-state index contributed by atoms with van der Waals surface area (Å²) in [5.74, 6) is -0.990. The first kappa shape index (κ1) is 21.1. The van der Waals surface area contributed by atoms with E-state index in [1.54, 1.807) is 29.2 Å². The molecule has 0 bridgehead atoms. The molecule has 8 nitrogen and oxygen atoms in total. The Bertz CT molecular complexity index is 1110. The second-order valence-corrected chi connectivity index (χ2v) is 9.18. The number of piperazine rings is 1. The van der Waals surface area contributed by atoms with E-state index in [2.05, 4.69) is 5.10 Å². The van der Waals surface area contributed by atoms with E-state index in [1.807, 2.05) is 6.07 Å². The third-order valence-electron chi connectivity index (χ3n) is 5.26. The van der Waals surface area contributed by atoms with Crippen LogP contribution in [0.5, 0.6) is 0 Å². The SMILES string of the molecule is O=C(C1=NN(c2ccccc2)C(=O)CC1)N1CCN(S(=O)(=O)c2ccc(F)cc2)CC1. The molecule has 0 radical (unpaired) electrons. The molecule has 2 aromatic carbocycles. The molecule has 4 rings (SSSR count). The fraction of sp³-hybridized carbons (Fsp3) is 0.286. The first-order chi connectivity index (χ1) is 14.9. The number of rotatable bonds is 4. The van der Waals surface area contributed by atoms with E-state index < -0.39 is 15.8 Å². The van der Waals surface area contributed by atoms with Crippen LogP contribution in [0.15, 0.2) is 64.6 Å². The van der Waals surface area contributed by atoms with Crippen LogP contribution >= 0.6 is 0 Å². The number of anilines is 1. The van der Waals surface area contributed by atoms with Gasteiger partial charge in [0.2, 0.25) is 15.9 Å². The minimum atomic E-state index is -3.76. The molecule has 2 aromatic rings. The molecule has 0 aromatic heterocycles. The van der Waals surface area contributed by atoms with Crippen LogP contribution < -0.4 is 5.01 Å². The van der Waals surface area contributed by atoms with Crippen LogP contribution in [0.25, 0.3) is 0 Å². The Balaban J connectivity index is 1.44. The van der Waals surface area contributed by atoms with Gasteiger partial charge in [0.25, 0.3) is 5.91 Å². The first-order valence-corrected chi connectivity index (χ1v) is 11.3. The van der Waals surface area contributed by atoms with E-state index in [1.165, 1.54) is 21.4 Å². The lowest BCUT2D eigenvalue weighted by Crippen LogP contribution is -2.52. The minimum absolute atomic E-state index is 0.0161. The van der Waals surface area contributed by atoms with Crippen molar-refractivity contribution >= 4 is 33.2 Å². The Morgan fingerprint density at radius 3 is 2.19 bits per heavy atom. The van der Waals surface area contributed by atoms with E-state index in [0.29, 0.717) is 5.69 Å². The Morgan fingerprint density at radius 1 is 0.903 bits per heavy atom. The number of amides is 2. The van der Waals surface area contributed by atoms with Crippen LogP contribution in [0.4, 0.5) is 10.1 Å². The standard InChI is InChI=1S/C21H21FN4O4S/c22-16-6-8-18(9-7-16)31(29,30)25-14-12-24(13-15-25)21(28)19-10-11-20(27)26(23-19)17-4-2-1-3-5-17/h1-9H,10-15H2. The van der Waals surface area contributed by atoms with Crippen molar-refractivity contribution in [2.24, 2.45) is 5.10 Å². The van der Waals surface area contributed by atoms with Gasteiger partial charge in [0, 0.05) is 39.0 Å². The lowest BCUT2D eigenvalue weighted by Gasteiger charge is -2.35. The molecule has 2 aliphatic rings. The van der Waals surface area contributed by atoms with E-state index in [4.69, 9.17) is 0 Å². The van der Waals surface area contributed by atoms with Gasteiger partial charge in [0.05, 0.1) is 10.6 Å². The largest absolute Gasteiger partial charge is 0.335 e. The molecule has 10 heteroatoms. The van der Waals surface area contributed by atoms with Crippen LogP contribution in [-0.2, 0) is 19.6 Å². The maximum Gasteiger partial charge on any atom is 0.270 e. The normalized spacial score (nSPS) is 18.1. The highest BCUT2D eigenvalue weighted by atomic mass is 32.2. The van der Waals surface area contributed by atoms with Crippen LogP contribution in [0.1, 0.15) is 12.8 Å². The fourth-order valence-electron chi connectivity index (χ4n) is 3.55. The van der Waals surface area contributed by atoms with Gasteiger partial charge < -0.3 is 4.90 Å². The van der Waals surface area contributed by atoms with Gasteiger partial charge in [0.15, 0.2) is 0 Å². The average molecular weight is 444 g/mol. The van der Waals surface area contributed by atoms with Gasteiger partial charge in [-0.25, -0.2) is 17.8 Å². The Kier molecular flexibility index (Phi) is 5.84. The molecule has 0 saturated carbocycles. The Morgan fingerprint density at radius 2 is 1.55 bits per heavy atom. The number of hydrazone groups is 1. The molecule has 2 amide bonds. The van der Waals surface area contributed by atoms with Gasteiger partial charge in [-0.05, 0) is 36.4 Å². The lowest BCUT2D eigenvalue weighted by atomic mass is 10.1. The van der Waals surface area contributed by atoms with Gasteiger partial charge in [-0.3, -0.25) is 9.59 Å². The fourth-order valence-corrected chi connectivity index (χ4v) is 4.97. The van der Waals surface area contributed by atoms with Gasteiger partial charge >= 0.3 is 0 Å². The molecule has 162 valence electrons. The molecule has 0 unspecified atom stereocenters. The lowest BCUT2D eigenvalue weighted by molar-refractivity contribution is -0.125. The van der Waals surface area contributed by atoms with Crippen LogP contribution in [-0.4, -0.2) is 61.3 Å². The third-order valence-corrected chi connectivity index (χ3v) is 7.17. The molecular formula is C21H21FN4O4S. The molecule has 0 atom stereocenters. The number of carbonyl (C=O) groups is 2. The summed E-state index contributed by atoms with van der Waals surface area (Å²) in [6, 6.07) is 13.6. The zero-order valence-electron chi connectivity index (χ0n) is 16.6. The number of para-hydroxylation sites is 1. The molecule has 2 aliphatic heterocycles.